The van der Waals surface area contributed by atoms with Crippen molar-refractivity contribution < 1.29 is 39.2 Å². The van der Waals surface area contributed by atoms with E-state index in [9.17, 15) is 30.4 Å². The van der Waals surface area contributed by atoms with Crippen LogP contribution in [-0.4, -0.2) is 25.7 Å². The summed E-state index contributed by atoms with van der Waals surface area (Å²) in [5.41, 5.74) is -0.395. The second-order valence-corrected chi connectivity index (χ2v) is 7.85. The van der Waals surface area contributed by atoms with E-state index in [1.165, 1.54) is 6.07 Å². The van der Waals surface area contributed by atoms with E-state index >= 15 is 0 Å². The molecule has 0 aliphatic carbocycles. The fourth-order valence-electron chi connectivity index (χ4n) is 2.71. The molecule has 0 amide bonds. The predicted octanol–water partition coefficient (Wildman–Crippen LogP) is 4.29. The molecule has 0 saturated carbocycles. The molecule has 0 radical (unpaired) electrons. The van der Waals surface area contributed by atoms with Crippen molar-refractivity contribution in [3.05, 3.63) is 71.9 Å². The molecule has 0 bridgehead atoms. The summed E-state index contributed by atoms with van der Waals surface area (Å²) < 4.78 is 117. The fourth-order valence-corrected chi connectivity index (χ4v) is 4.11. The Morgan fingerprint density at radius 3 is 2.40 bits per heavy atom. The van der Waals surface area contributed by atoms with Crippen LogP contribution in [-0.2, 0) is 16.6 Å². The minimum atomic E-state index is -4.97. The molecule has 3 rings (SSSR count). The van der Waals surface area contributed by atoms with Gasteiger partial charge >= 0.3 is 6.36 Å². The molecule has 0 spiro atoms. The molecule has 0 aliphatic rings. The zero-order chi connectivity index (χ0) is 24.6. The lowest BCUT2D eigenvalue weighted by molar-refractivity contribution is -0.274. The van der Waals surface area contributed by atoms with Crippen molar-refractivity contribution in [3.63, 3.8) is 0 Å². The monoisotopic (exact) mass is 449 g/mol. The summed E-state index contributed by atoms with van der Waals surface area (Å²) in [4.78, 5) is -0.452. The third-order valence-electron chi connectivity index (χ3n) is 3.96. The molecule has 3 aromatic rings. The number of nitrogens with zero attached hydrogens (tertiary/aromatic N) is 1. The second-order valence-electron chi connectivity index (χ2n) is 6.03. The van der Waals surface area contributed by atoms with E-state index < -0.39 is 45.6 Å². The molecule has 1 heterocycles. The van der Waals surface area contributed by atoms with E-state index in [0.29, 0.717) is 10.0 Å². The van der Waals surface area contributed by atoms with Crippen LogP contribution in [0.5, 0.6) is 5.75 Å². The van der Waals surface area contributed by atoms with E-state index in [2.05, 4.69) is 10.1 Å². The third-order valence-corrected chi connectivity index (χ3v) is 5.64. The largest absolute Gasteiger partial charge is 0.573 e. The lowest BCUT2D eigenvalue weighted by Gasteiger charge is -2.13. The van der Waals surface area contributed by atoms with Gasteiger partial charge in [-0.15, -0.1) is 13.2 Å². The smallest absolute Gasteiger partial charge is 0.406 e. The van der Waals surface area contributed by atoms with E-state index in [1.807, 2.05) is 0 Å². The number of benzene rings is 2. The predicted molar refractivity (Wildman–Crippen MR) is 98.3 cm³/mol. The summed E-state index contributed by atoms with van der Waals surface area (Å²) in [5.74, 6) is -2.63. The first-order valence-corrected chi connectivity index (χ1v) is 9.63. The zero-order valence-electron chi connectivity index (χ0n) is 17.9. The van der Waals surface area contributed by atoms with Gasteiger partial charge in [0, 0.05) is 28.5 Å². The number of alkyl halides is 3. The van der Waals surface area contributed by atoms with Crippen molar-refractivity contribution >= 4 is 10.0 Å². The molecule has 1 N–H and O–H groups in total. The van der Waals surface area contributed by atoms with Crippen LogP contribution in [0.4, 0.5) is 22.0 Å². The molecule has 5 nitrogen and oxygen atoms in total. The first-order chi connectivity index (χ1) is 15.2. The van der Waals surface area contributed by atoms with Gasteiger partial charge in [0.2, 0.25) is 0 Å². The molecule has 0 saturated heterocycles. The van der Waals surface area contributed by atoms with E-state index in [4.69, 9.17) is 4.11 Å². The Morgan fingerprint density at radius 2 is 1.80 bits per heavy atom. The highest BCUT2D eigenvalue weighted by Gasteiger charge is 2.31. The molecule has 1 aromatic heterocycles. The molecular formula is C19H15F5N2O3S. The average molecular weight is 449 g/mol. The minimum absolute atomic E-state index is 0.144. The highest BCUT2D eigenvalue weighted by atomic mass is 32.2. The maximum atomic E-state index is 14.4. The van der Waals surface area contributed by atoms with Gasteiger partial charge < -0.3 is 10.1 Å². The molecule has 160 valence electrons. The molecule has 0 unspecified atom stereocenters. The second kappa shape index (κ2) is 8.07. The SMILES string of the molecule is [2H]C([2H])([2H])NCc1cc(-c2ccc(F)cc2F)n(S(=O)(=O)c2ccc(OC(F)(F)F)cc2)c1. The highest BCUT2D eigenvalue weighted by Crippen LogP contribution is 2.30. The van der Waals surface area contributed by atoms with Crippen LogP contribution in [0.2, 0.25) is 0 Å². The van der Waals surface area contributed by atoms with Crippen molar-refractivity contribution in [2.45, 2.75) is 17.8 Å². The van der Waals surface area contributed by atoms with Crippen molar-refractivity contribution in [1.82, 2.24) is 9.29 Å². The van der Waals surface area contributed by atoms with Crippen LogP contribution in [0.25, 0.3) is 11.3 Å². The molecular weight excluding hydrogens is 431 g/mol. The van der Waals surface area contributed by atoms with Crippen molar-refractivity contribution in [2.75, 3.05) is 6.98 Å². The number of nitrogens with one attached hydrogen (secondary N) is 1. The summed E-state index contributed by atoms with van der Waals surface area (Å²) in [5, 5.41) is 2.19. The Balaban J connectivity index is 2.08. The van der Waals surface area contributed by atoms with Gasteiger partial charge in [-0.1, -0.05) is 0 Å². The number of hydrogen-bond acceptors (Lipinski definition) is 4. The number of ether oxygens (including phenoxy) is 1. The summed E-state index contributed by atoms with van der Waals surface area (Å²) in [6.45, 7) is -2.86. The molecule has 2 aromatic carbocycles. The fraction of sp³-hybridized carbons (Fsp3) is 0.158. The van der Waals surface area contributed by atoms with Gasteiger partial charge in [-0.05, 0) is 55.0 Å². The van der Waals surface area contributed by atoms with Crippen LogP contribution >= 0.6 is 0 Å². The van der Waals surface area contributed by atoms with Crippen molar-refractivity contribution in [2.24, 2.45) is 0 Å². The lowest BCUT2D eigenvalue weighted by atomic mass is 10.1. The lowest BCUT2D eigenvalue weighted by Crippen LogP contribution is -2.17. The zero-order valence-corrected chi connectivity index (χ0v) is 15.7. The Hall–Kier alpha value is -2.92. The molecule has 0 atom stereocenters. The van der Waals surface area contributed by atoms with Crippen LogP contribution < -0.4 is 10.1 Å². The van der Waals surface area contributed by atoms with E-state index in [0.717, 1.165) is 42.6 Å². The maximum Gasteiger partial charge on any atom is 0.573 e. The van der Waals surface area contributed by atoms with Crippen LogP contribution in [0.15, 0.2) is 59.6 Å². The average Bonchev–Trinajstić information content (AvgIpc) is 3.10. The van der Waals surface area contributed by atoms with E-state index in [1.54, 1.807) is 0 Å². The number of halogens is 5. The quantitative estimate of drug-likeness (QED) is 0.571. The molecule has 11 heteroatoms. The van der Waals surface area contributed by atoms with Gasteiger partial charge in [0.1, 0.15) is 17.4 Å². The van der Waals surface area contributed by atoms with Gasteiger partial charge in [-0.25, -0.2) is 21.2 Å². The maximum absolute atomic E-state index is 14.4. The third kappa shape index (κ3) is 4.62. The summed E-state index contributed by atoms with van der Waals surface area (Å²) in [7, 11) is -4.49. The first kappa shape index (κ1) is 17.9. The van der Waals surface area contributed by atoms with E-state index in [-0.39, 0.29) is 23.4 Å². The standard InChI is InChI=1S/C19H15F5N2O3S/c1-25-10-12-8-18(16-7-2-13(20)9-17(16)21)26(11-12)30(27,28)15-5-3-14(4-6-15)29-19(22,23)24/h2-9,11,25H,10H2,1H3/i1D3. The first-order valence-electron chi connectivity index (χ1n) is 9.69. The molecule has 30 heavy (non-hydrogen) atoms. The Labute approximate surface area is 173 Å². The van der Waals surface area contributed by atoms with Crippen LogP contribution in [0.1, 0.15) is 9.68 Å². The number of rotatable bonds is 6. The highest BCUT2D eigenvalue weighted by molar-refractivity contribution is 7.90. The molecule has 0 fully saturated rings. The summed E-state index contributed by atoms with van der Waals surface area (Å²) in [6, 6.07) is 6.97. The van der Waals surface area contributed by atoms with Gasteiger partial charge in [-0.2, -0.15) is 0 Å². The van der Waals surface area contributed by atoms with Crippen LogP contribution in [0.3, 0.4) is 0 Å². The topological polar surface area (TPSA) is 60.3 Å². The van der Waals surface area contributed by atoms with Gasteiger partial charge in [0.05, 0.1) is 10.6 Å². The van der Waals surface area contributed by atoms with Gasteiger partial charge in [0.25, 0.3) is 10.0 Å². The summed E-state index contributed by atoms with van der Waals surface area (Å²) >= 11 is 0. The van der Waals surface area contributed by atoms with Crippen LogP contribution in [0, 0.1) is 11.6 Å². The van der Waals surface area contributed by atoms with Crippen molar-refractivity contribution in [1.29, 1.82) is 0 Å². The van der Waals surface area contributed by atoms with Gasteiger partial charge in [-0.3, -0.25) is 0 Å². The number of hydrogen-bond donors (Lipinski definition) is 1. The summed E-state index contributed by atoms with van der Waals surface area (Å²) in [6.07, 6.45) is -3.94. The Bertz CT molecular complexity index is 1260. The molecule has 0 aliphatic heterocycles. The number of aromatic nitrogens is 1. The Morgan fingerprint density at radius 1 is 1.10 bits per heavy atom. The van der Waals surface area contributed by atoms with Gasteiger partial charge in [0.15, 0.2) is 0 Å². The minimum Gasteiger partial charge on any atom is -0.406 e. The normalized spacial score (nSPS) is 14.1. The van der Waals surface area contributed by atoms with Crippen molar-refractivity contribution in [3.8, 4) is 17.0 Å². The Kier molecular flexibility index (Phi) is 4.82.